The van der Waals surface area contributed by atoms with Gasteiger partial charge in [0.1, 0.15) is 0 Å². The molecule has 5 rings (SSSR count). The maximum Gasteiger partial charge on any atom is 0.0577 e. The summed E-state index contributed by atoms with van der Waals surface area (Å²) in [5.74, 6) is 6.10. The molecule has 0 aromatic rings. The third-order valence-corrected chi connectivity index (χ3v) is 11.3. The third kappa shape index (κ3) is 3.04. The molecule has 0 unspecified atom stereocenters. The van der Waals surface area contributed by atoms with Gasteiger partial charge in [0, 0.05) is 5.92 Å². The summed E-state index contributed by atoms with van der Waals surface area (Å²) < 4.78 is 0. The lowest BCUT2D eigenvalue weighted by Crippen LogP contribution is -2.50. The van der Waals surface area contributed by atoms with E-state index in [0.717, 1.165) is 54.3 Å². The van der Waals surface area contributed by atoms with E-state index in [-0.39, 0.29) is 6.10 Å². The molecule has 3 fully saturated rings. The van der Waals surface area contributed by atoms with Crippen molar-refractivity contribution in [2.24, 2.45) is 52.3 Å². The summed E-state index contributed by atoms with van der Waals surface area (Å²) in [5.41, 5.74) is 6.10. The van der Waals surface area contributed by atoms with E-state index in [9.17, 15) is 5.11 Å². The zero-order valence-electron chi connectivity index (χ0n) is 20.5. The lowest BCUT2D eigenvalue weighted by Gasteiger charge is -2.58. The minimum atomic E-state index is -0.0821. The predicted octanol–water partition coefficient (Wildman–Crippen LogP) is 7.55. The molecule has 3 saturated carbocycles. The molecule has 0 bridgehead atoms. The Morgan fingerprint density at radius 3 is 2.50 bits per heavy atom. The number of allylic oxidation sites excluding steroid dienone is 3. The van der Waals surface area contributed by atoms with E-state index < -0.39 is 0 Å². The Morgan fingerprint density at radius 1 is 1.03 bits per heavy atom. The molecule has 0 aromatic carbocycles. The molecule has 0 spiro atoms. The van der Waals surface area contributed by atoms with Crippen LogP contribution in [0, 0.1) is 52.3 Å². The molecular formula is C29H46O. The van der Waals surface area contributed by atoms with Crippen molar-refractivity contribution < 1.29 is 5.11 Å². The summed E-state index contributed by atoms with van der Waals surface area (Å²) in [6.07, 6.45) is 14.2. The van der Waals surface area contributed by atoms with Crippen molar-refractivity contribution in [2.75, 3.05) is 0 Å². The quantitative estimate of drug-likeness (QED) is 0.474. The normalized spacial score (nSPS) is 48.7. The van der Waals surface area contributed by atoms with E-state index in [2.05, 4.69) is 47.6 Å². The first kappa shape index (κ1) is 21.3. The van der Waals surface area contributed by atoms with Gasteiger partial charge in [-0.2, -0.15) is 0 Å². The minimum Gasteiger partial charge on any atom is -0.393 e. The Morgan fingerprint density at radius 2 is 1.80 bits per heavy atom. The van der Waals surface area contributed by atoms with Gasteiger partial charge in [-0.25, -0.2) is 0 Å². The van der Waals surface area contributed by atoms with Crippen molar-refractivity contribution >= 4 is 0 Å². The highest BCUT2D eigenvalue weighted by Crippen LogP contribution is 2.67. The van der Waals surface area contributed by atoms with E-state index >= 15 is 0 Å². The Balaban J connectivity index is 1.33. The van der Waals surface area contributed by atoms with Gasteiger partial charge in [0.15, 0.2) is 0 Å². The second-order valence-electron chi connectivity index (χ2n) is 13.0. The number of hydrogen-bond donors (Lipinski definition) is 1. The van der Waals surface area contributed by atoms with E-state index in [1.807, 2.05) is 5.57 Å². The van der Waals surface area contributed by atoms with Crippen molar-refractivity contribution in [1.82, 2.24) is 0 Å². The van der Waals surface area contributed by atoms with E-state index in [1.165, 1.54) is 44.9 Å². The van der Waals surface area contributed by atoms with Gasteiger partial charge in [-0.3, -0.25) is 0 Å². The molecule has 5 aliphatic carbocycles. The fourth-order valence-corrected chi connectivity index (χ4v) is 9.71. The molecule has 1 nitrogen and oxygen atoms in total. The van der Waals surface area contributed by atoms with Crippen LogP contribution in [0.1, 0.15) is 99.3 Å². The Labute approximate surface area is 185 Å². The lowest BCUT2D eigenvalue weighted by atomic mass is 9.47. The van der Waals surface area contributed by atoms with Crippen molar-refractivity contribution in [3.05, 3.63) is 22.8 Å². The van der Waals surface area contributed by atoms with Crippen LogP contribution >= 0.6 is 0 Å². The monoisotopic (exact) mass is 410 g/mol. The molecule has 1 heteroatoms. The first-order valence-electron chi connectivity index (χ1n) is 13.2. The van der Waals surface area contributed by atoms with Crippen LogP contribution in [0.25, 0.3) is 0 Å². The summed E-state index contributed by atoms with van der Waals surface area (Å²) in [6.45, 7) is 15.0. The van der Waals surface area contributed by atoms with Crippen LogP contribution in [0.15, 0.2) is 22.8 Å². The highest BCUT2D eigenvalue weighted by atomic mass is 16.3. The van der Waals surface area contributed by atoms with Gasteiger partial charge in [-0.05, 0) is 111 Å². The van der Waals surface area contributed by atoms with E-state index in [4.69, 9.17) is 0 Å². The number of aliphatic hydroxyl groups is 1. The molecule has 0 radical (unpaired) electrons. The number of aliphatic hydroxyl groups excluding tert-OH is 1. The third-order valence-electron chi connectivity index (χ3n) is 11.3. The molecular weight excluding hydrogens is 364 g/mol. The molecule has 168 valence electrons. The first-order chi connectivity index (χ1) is 14.2. The summed E-state index contributed by atoms with van der Waals surface area (Å²) in [4.78, 5) is 0. The number of rotatable bonds is 4. The van der Waals surface area contributed by atoms with Crippen LogP contribution < -0.4 is 0 Å². The van der Waals surface area contributed by atoms with Crippen LogP contribution in [0.5, 0.6) is 0 Å². The van der Waals surface area contributed by atoms with Crippen LogP contribution in [0.2, 0.25) is 0 Å². The highest BCUT2D eigenvalue weighted by molar-refractivity contribution is 5.40. The standard InChI is InChI=1S/C29H46O/c1-17(2)27-19(4)23(27)15-18(3)24-9-10-25-22-8-7-20-16-21(30)11-13-28(20,5)26(22)12-14-29(24,25)6/h7,17-18,21-22,24-27,30H,8-16H2,1-6H3/t18-,21+,22+,24-,25+,26+,27+,28+,29-/m1/s1. The van der Waals surface area contributed by atoms with E-state index in [0.29, 0.717) is 10.8 Å². The highest BCUT2D eigenvalue weighted by Gasteiger charge is 2.59. The predicted molar refractivity (Wildman–Crippen MR) is 126 cm³/mol. The van der Waals surface area contributed by atoms with Crippen molar-refractivity contribution in [1.29, 1.82) is 0 Å². The van der Waals surface area contributed by atoms with Crippen molar-refractivity contribution in [3.63, 3.8) is 0 Å². The average molecular weight is 411 g/mol. The summed E-state index contributed by atoms with van der Waals surface area (Å²) >= 11 is 0. The van der Waals surface area contributed by atoms with Gasteiger partial charge in [0.2, 0.25) is 0 Å². The molecule has 9 atom stereocenters. The molecule has 0 saturated heterocycles. The number of hydrogen-bond acceptors (Lipinski definition) is 1. The molecule has 0 heterocycles. The zero-order chi connectivity index (χ0) is 21.4. The summed E-state index contributed by atoms with van der Waals surface area (Å²) in [6, 6.07) is 0. The van der Waals surface area contributed by atoms with Crippen LogP contribution in [0.3, 0.4) is 0 Å². The summed E-state index contributed by atoms with van der Waals surface area (Å²) in [5, 5.41) is 10.2. The Kier molecular flexibility index (Phi) is 5.13. The SMILES string of the molecule is CC1=C(C[C@@H](C)[C@H]2CC[C@H]3[C@@H]4CC=C5C[C@@H](O)CC[C@]5(C)[C@H]4CC[C@]23C)[C@H]1C(C)C. The topological polar surface area (TPSA) is 20.2 Å². The van der Waals surface area contributed by atoms with Gasteiger partial charge in [0.25, 0.3) is 0 Å². The van der Waals surface area contributed by atoms with Gasteiger partial charge in [0.05, 0.1) is 6.10 Å². The maximum atomic E-state index is 10.2. The molecule has 0 aliphatic heterocycles. The van der Waals surface area contributed by atoms with Crippen LogP contribution in [0.4, 0.5) is 0 Å². The maximum absolute atomic E-state index is 10.2. The molecule has 5 aliphatic rings. The smallest absolute Gasteiger partial charge is 0.0577 e. The fourth-order valence-electron chi connectivity index (χ4n) is 9.71. The summed E-state index contributed by atoms with van der Waals surface area (Å²) in [7, 11) is 0. The fraction of sp³-hybridized carbons (Fsp3) is 0.862. The first-order valence-corrected chi connectivity index (χ1v) is 13.2. The van der Waals surface area contributed by atoms with Gasteiger partial charge < -0.3 is 5.11 Å². The molecule has 0 amide bonds. The lowest BCUT2D eigenvalue weighted by molar-refractivity contribution is -0.0566. The number of fused-ring (bicyclic) bond motifs is 5. The largest absolute Gasteiger partial charge is 0.393 e. The van der Waals surface area contributed by atoms with E-state index in [1.54, 1.807) is 11.1 Å². The van der Waals surface area contributed by atoms with Gasteiger partial charge in [-0.1, -0.05) is 57.4 Å². The second kappa shape index (κ2) is 7.23. The molecule has 0 aromatic heterocycles. The second-order valence-corrected chi connectivity index (χ2v) is 13.0. The van der Waals surface area contributed by atoms with Crippen LogP contribution in [-0.4, -0.2) is 11.2 Å². The van der Waals surface area contributed by atoms with Gasteiger partial charge in [-0.15, -0.1) is 0 Å². The average Bonchev–Trinajstić information content (AvgIpc) is 3.17. The molecule has 1 N–H and O–H groups in total. The van der Waals surface area contributed by atoms with Crippen LogP contribution in [-0.2, 0) is 0 Å². The zero-order valence-corrected chi connectivity index (χ0v) is 20.5. The minimum absolute atomic E-state index is 0.0821. The van der Waals surface area contributed by atoms with Crippen molar-refractivity contribution in [2.45, 2.75) is 105 Å². The van der Waals surface area contributed by atoms with Crippen molar-refractivity contribution in [3.8, 4) is 0 Å². The Hall–Kier alpha value is -0.560. The van der Waals surface area contributed by atoms with Gasteiger partial charge >= 0.3 is 0 Å². The molecule has 30 heavy (non-hydrogen) atoms. The Bertz CT molecular complexity index is 758.